The van der Waals surface area contributed by atoms with Crippen LogP contribution < -0.4 is 0 Å². The van der Waals surface area contributed by atoms with E-state index in [2.05, 4.69) is 44.2 Å². The van der Waals surface area contributed by atoms with Crippen molar-refractivity contribution in [3.05, 3.63) is 59.7 Å². The molecule has 0 fully saturated rings. The van der Waals surface area contributed by atoms with Crippen LogP contribution in [0, 0.1) is 26.0 Å². The van der Waals surface area contributed by atoms with E-state index in [4.69, 9.17) is 0 Å². The molecule has 0 unspecified atom stereocenters. The van der Waals surface area contributed by atoms with E-state index >= 15 is 0 Å². The molecule has 0 saturated heterocycles. The summed E-state index contributed by atoms with van der Waals surface area (Å²) in [5.74, 6) is 0. The van der Waals surface area contributed by atoms with Crippen LogP contribution in [0.15, 0.2) is 36.4 Å². The van der Waals surface area contributed by atoms with Crippen LogP contribution in [-0.2, 0) is 21.1 Å². The molecular formula is C14H12W. The van der Waals surface area contributed by atoms with Gasteiger partial charge in [-0.1, -0.05) is 13.8 Å². The van der Waals surface area contributed by atoms with E-state index in [9.17, 15) is 0 Å². The van der Waals surface area contributed by atoms with Gasteiger partial charge in [-0.15, -0.1) is 17.7 Å². The molecule has 74 valence electrons. The van der Waals surface area contributed by atoms with E-state index in [1.54, 1.807) is 0 Å². The molecule has 0 aliphatic carbocycles. The van der Waals surface area contributed by atoms with Crippen molar-refractivity contribution in [2.45, 2.75) is 13.8 Å². The van der Waals surface area contributed by atoms with Crippen LogP contribution in [0.1, 0.15) is 11.1 Å². The summed E-state index contributed by atoms with van der Waals surface area (Å²) in [7, 11) is 0. The Morgan fingerprint density at radius 3 is 2.47 bits per heavy atom. The minimum absolute atomic E-state index is 0. The zero-order chi connectivity index (χ0) is 9.97. The van der Waals surface area contributed by atoms with Crippen LogP contribution in [0.3, 0.4) is 0 Å². The van der Waals surface area contributed by atoms with Gasteiger partial charge in [-0.3, -0.25) is 0 Å². The summed E-state index contributed by atoms with van der Waals surface area (Å²) >= 11 is 0. The second kappa shape index (κ2) is 5.28. The van der Waals surface area contributed by atoms with Crippen molar-refractivity contribution in [1.29, 1.82) is 0 Å². The topological polar surface area (TPSA) is 0 Å². The van der Waals surface area contributed by atoms with Gasteiger partial charge < -0.3 is 0 Å². The summed E-state index contributed by atoms with van der Waals surface area (Å²) in [6.07, 6.45) is 0. The Kier molecular flexibility index (Phi) is 4.29. The van der Waals surface area contributed by atoms with Crippen molar-refractivity contribution in [1.82, 2.24) is 0 Å². The number of rotatable bonds is 1. The van der Waals surface area contributed by atoms with Crippen LogP contribution in [0.25, 0.3) is 11.1 Å². The third kappa shape index (κ3) is 2.79. The van der Waals surface area contributed by atoms with Gasteiger partial charge >= 0.3 is 21.1 Å². The summed E-state index contributed by atoms with van der Waals surface area (Å²) in [4.78, 5) is 0. The van der Waals surface area contributed by atoms with Crippen LogP contribution in [0.2, 0.25) is 0 Å². The first-order valence-electron chi connectivity index (χ1n) is 4.73. The SMILES string of the molecule is Cc1cc[c-]c(-c2[c-]cccc2C)c1.[W+2]. The monoisotopic (exact) mass is 364 g/mol. The largest absolute Gasteiger partial charge is 2.00 e. The Morgan fingerprint density at radius 1 is 1.00 bits per heavy atom. The third-order valence-corrected chi connectivity index (χ3v) is 2.29. The maximum absolute atomic E-state index is 3.25. The smallest absolute Gasteiger partial charge is 0.226 e. The van der Waals surface area contributed by atoms with Crippen molar-refractivity contribution < 1.29 is 21.1 Å². The van der Waals surface area contributed by atoms with Crippen LogP contribution >= 0.6 is 0 Å². The van der Waals surface area contributed by atoms with Crippen molar-refractivity contribution >= 4 is 0 Å². The van der Waals surface area contributed by atoms with Crippen LogP contribution in [0.5, 0.6) is 0 Å². The molecule has 0 nitrogen and oxygen atoms in total. The molecular weight excluding hydrogens is 352 g/mol. The average molecular weight is 364 g/mol. The molecule has 0 amide bonds. The molecule has 1 heteroatoms. The maximum Gasteiger partial charge on any atom is 2.00 e. The fraction of sp³-hybridized carbons (Fsp3) is 0.143. The van der Waals surface area contributed by atoms with Gasteiger partial charge in [0.25, 0.3) is 0 Å². The van der Waals surface area contributed by atoms with E-state index in [1.165, 1.54) is 11.1 Å². The fourth-order valence-corrected chi connectivity index (χ4v) is 1.54. The Balaban J connectivity index is 0.00000112. The standard InChI is InChI=1S/C14H12.W/c1-11-6-5-8-13(10-11)14-9-4-3-7-12(14)2;/h3-7,10H,1-2H3;/q-2;+2. The van der Waals surface area contributed by atoms with E-state index in [0.717, 1.165) is 11.1 Å². The maximum atomic E-state index is 3.25. The Morgan fingerprint density at radius 2 is 1.80 bits per heavy atom. The van der Waals surface area contributed by atoms with E-state index in [-0.39, 0.29) is 21.1 Å². The molecule has 0 aliphatic rings. The summed E-state index contributed by atoms with van der Waals surface area (Å²) in [5.41, 5.74) is 4.78. The molecule has 0 aliphatic heterocycles. The van der Waals surface area contributed by atoms with Gasteiger partial charge in [0.2, 0.25) is 0 Å². The minimum atomic E-state index is 0. The van der Waals surface area contributed by atoms with E-state index in [1.807, 2.05) is 18.2 Å². The summed E-state index contributed by atoms with van der Waals surface area (Å²) in [6, 6.07) is 18.7. The first-order chi connectivity index (χ1) is 6.77. The van der Waals surface area contributed by atoms with Crippen molar-refractivity contribution in [2.75, 3.05) is 0 Å². The first kappa shape index (κ1) is 12.2. The molecule has 2 aromatic carbocycles. The van der Waals surface area contributed by atoms with Gasteiger partial charge in [-0.2, -0.15) is 42.0 Å². The second-order valence-electron chi connectivity index (χ2n) is 3.51. The molecule has 0 spiro atoms. The van der Waals surface area contributed by atoms with Gasteiger partial charge in [0.05, 0.1) is 0 Å². The molecule has 0 atom stereocenters. The Hall–Kier alpha value is -0.872. The minimum Gasteiger partial charge on any atom is -0.226 e. The molecule has 2 rings (SSSR count). The number of hydrogen-bond acceptors (Lipinski definition) is 0. The van der Waals surface area contributed by atoms with Crippen LogP contribution in [0.4, 0.5) is 0 Å². The van der Waals surface area contributed by atoms with Gasteiger partial charge in [-0.25, -0.2) is 11.1 Å². The normalized spacial score (nSPS) is 9.47. The van der Waals surface area contributed by atoms with Crippen LogP contribution in [-0.4, -0.2) is 0 Å². The van der Waals surface area contributed by atoms with Gasteiger partial charge in [0.15, 0.2) is 0 Å². The van der Waals surface area contributed by atoms with Gasteiger partial charge in [-0.05, 0) is 0 Å². The zero-order valence-electron chi connectivity index (χ0n) is 8.87. The predicted octanol–water partition coefficient (Wildman–Crippen LogP) is 3.57. The second-order valence-corrected chi connectivity index (χ2v) is 3.51. The molecule has 0 saturated carbocycles. The summed E-state index contributed by atoms with van der Waals surface area (Å²) < 4.78 is 0. The van der Waals surface area contributed by atoms with Crippen molar-refractivity contribution in [2.24, 2.45) is 0 Å². The fourth-order valence-electron chi connectivity index (χ4n) is 1.54. The summed E-state index contributed by atoms with van der Waals surface area (Å²) in [5, 5.41) is 0. The summed E-state index contributed by atoms with van der Waals surface area (Å²) in [6.45, 7) is 4.19. The van der Waals surface area contributed by atoms with E-state index in [0.29, 0.717) is 0 Å². The molecule has 0 bridgehead atoms. The van der Waals surface area contributed by atoms with Crippen molar-refractivity contribution in [3.63, 3.8) is 0 Å². The molecule has 2 aromatic rings. The van der Waals surface area contributed by atoms with Gasteiger partial charge in [0, 0.05) is 0 Å². The molecule has 0 aromatic heterocycles. The third-order valence-electron chi connectivity index (χ3n) is 2.29. The molecule has 0 heterocycles. The molecule has 0 radical (unpaired) electrons. The predicted molar refractivity (Wildman–Crippen MR) is 59.0 cm³/mol. The first-order valence-corrected chi connectivity index (χ1v) is 4.73. The number of benzene rings is 2. The zero-order valence-corrected chi connectivity index (χ0v) is 11.8. The quantitative estimate of drug-likeness (QED) is 0.679. The number of aryl methyl sites for hydroxylation is 2. The number of hydrogen-bond donors (Lipinski definition) is 0. The van der Waals surface area contributed by atoms with Gasteiger partial charge in [0.1, 0.15) is 0 Å². The Labute approximate surface area is 106 Å². The Bertz CT molecular complexity index is 447. The molecule has 0 N–H and O–H groups in total. The molecule has 15 heavy (non-hydrogen) atoms. The van der Waals surface area contributed by atoms with Crippen molar-refractivity contribution in [3.8, 4) is 11.1 Å². The average Bonchev–Trinajstić information content (AvgIpc) is 2.18. The van der Waals surface area contributed by atoms with E-state index < -0.39 is 0 Å².